The summed E-state index contributed by atoms with van der Waals surface area (Å²) in [6.07, 6.45) is 3.70. The zero-order valence-corrected chi connectivity index (χ0v) is 10.0. The highest BCUT2D eigenvalue weighted by Crippen LogP contribution is 2.18. The van der Waals surface area contributed by atoms with Gasteiger partial charge in [-0.25, -0.2) is 9.97 Å². The Kier molecular flexibility index (Phi) is 3.11. The third-order valence-corrected chi connectivity index (χ3v) is 2.89. The Balaban J connectivity index is 2.42. The van der Waals surface area contributed by atoms with E-state index >= 15 is 0 Å². The molecule has 0 aliphatic rings. The lowest BCUT2D eigenvalue weighted by atomic mass is 10.1. The monoisotopic (exact) mass is 262 g/mol. The number of hydrogen-bond acceptors (Lipinski definition) is 2. The van der Waals surface area contributed by atoms with Crippen molar-refractivity contribution in [3.05, 3.63) is 47.8 Å². The third-order valence-electron chi connectivity index (χ3n) is 2.25. The van der Waals surface area contributed by atoms with Gasteiger partial charge in [-0.2, -0.15) is 0 Å². The third kappa shape index (κ3) is 2.23. The molecule has 3 heteroatoms. The van der Waals surface area contributed by atoms with Crippen LogP contribution in [0.4, 0.5) is 0 Å². The molecule has 2 aromatic rings. The van der Waals surface area contributed by atoms with Crippen molar-refractivity contribution in [2.45, 2.75) is 12.3 Å². The summed E-state index contributed by atoms with van der Waals surface area (Å²) in [6, 6.07) is 8.13. The summed E-state index contributed by atoms with van der Waals surface area (Å²) in [5, 5.41) is 0.793. The largest absolute Gasteiger partial charge is 0.236 e. The van der Waals surface area contributed by atoms with E-state index in [-0.39, 0.29) is 0 Å². The van der Waals surface area contributed by atoms with Gasteiger partial charge >= 0.3 is 0 Å². The van der Waals surface area contributed by atoms with E-state index in [9.17, 15) is 0 Å². The zero-order chi connectivity index (χ0) is 10.7. The van der Waals surface area contributed by atoms with Gasteiger partial charge in [0.05, 0.1) is 0 Å². The van der Waals surface area contributed by atoms with Crippen LogP contribution in [0, 0.1) is 6.92 Å². The molecular weight excluding hydrogens is 252 g/mol. The minimum absolute atomic E-state index is 0.790. The molecule has 0 aliphatic heterocycles. The standard InChI is InChI=1S/C12H11BrN2/c1-9-4-2-3-5-11(9)12-14-7-10(6-13)8-15-12/h2-5,7-8H,6H2,1H3. The predicted octanol–water partition coefficient (Wildman–Crippen LogP) is 3.35. The first-order chi connectivity index (χ1) is 7.31. The number of rotatable bonds is 2. The van der Waals surface area contributed by atoms with Crippen LogP contribution in [0.1, 0.15) is 11.1 Å². The van der Waals surface area contributed by atoms with Gasteiger partial charge in [0.1, 0.15) is 0 Å². The lowest BCUT2D eigenvalue weighted by Gasteiger charge is -2.03. The highest BCUT2D eigenvalue weighted by Gasteiger charge is 2.03. The van der Waals surface area contributed by atoms with E-state index in [1.165, 1.54) is 5.56 Å². The molecule has 0 radical (unpaired) electrons. The lowest BCUT2D eigenvalue weighted by Crippen LogP contribution is -1.92. The number of aromatic nitrogens is 2. The van der Waals surface area contributed by atoms with Crippen molar-refractivity contribution in [2.24, 2.45) is 0 Å². The van der Waals surface area contributed by atoms with Crippen LogP contribution in [0.15, 0.2) is 36.7 Å². The quantitative estimate of drug-likeness (QED) is 0.776. The maximum atomic E-state index is 4.34. The Morgan fingerprint density at radius 2 is 1.80 bits per heavy atom. The van der Waals surface area contributed by atoms with Crippen molar-refractivity contribution in [1.29, 1.82) is 0 Å². The van der Waals surface area contributed by atoms with E-state index in [2.05, 4.69) is 38.9 Å². The molecule has 2 nitrogen and oxygen atoms in total. The molecule has 0 unspecified atom stereocenters. The summed E-state index contributed by atoms with van der Waals surface area (Å²) >= 11 is 3.37. The van der Waals surface area contributed by atoms with Gasteiger partial charge < -0.3 is 0 Å². The molecule has 0 amide bonds. The van der Waals surface area contributed by atoms with Crippen LogP contribution in [-0.2, 0) is 5.33 Å². The average Bonchev–Trinajstić information content (AvgIpc) is 2.30. The number of alkyl halides is 1. The average molecular weight is 263 g/mol. The first-order valence-electron chi connectivity index (χ1n) is 4.74. The van der Waals surface area contributed by atoms with Crippen molar-refractivity contribution < 1.29 is 0 Å². The van der Waals surface area contributed by atoms with E-state index in [4.69, 9.17) is 0 Å². The highest BCUT2D eigenvalue weighted by atomic mass is 79.9. The second-order valence-corrected chi connectivity index (χ2v) is 3.92. The van der Waals surface area contributed by atoms with Gasteiger partial charge in [-0.05, 0) is 18.1 Å². The van der Waals surface area contributed by atoms with Gasteiger partial charge in [-0.15, -0.1) is 0 Å². The molecule has 1 aromatic heterocycles. The molecule has 1 heterocycles. The molecule has 2 rings (SSSR count). The summed E-state index contributed by atoms with van der Waals surface area (Å²) in [5.41, 5.74) is 3.38. The second kappa shape index (κ2) is 4.53. The number of halogens is 1. The molecular formula is C12H11BrN2. The maximum absolute atomic E-state index is 4.34. The highest BCUT2D eigenvalue weighted by molar-refractivity contribution is 9.08. The summed E-state index contributed by atoms with van der Waals surface area (Å²) < 4.78 is 0. The Bertz CT molecular complexity index is 451. The SMILES string of the molecule is Cc1ccccc1-c1ncc(CBr)cn1. The van der Waals surface area contributed by atoms with Crippen LogP contribution in [0.5, 0.6) is 0 Å². The number of benzene rings is 1. The smallest absolute Gasteiger partial charge is 0.159 e. The minimum atomic E-state index is 0.790. The van der Waals surface area contributed by atoms with Crippen molar-refractivity contribution in [3.63, 3.8) is 0 Å². The van der Waals surface area contributed by atoms with Crippen LogP contribution >= 0.6 is 15.9 Å². The topological polar surface area (TPSA) is 25.8 Å². The summed E-state index contributed by atoms with van der Waals surface area (Å²) in [4.78, 5) is 8.68. The van der Waals surface area contributed by atoms with E-state index in [1.54, 1.807) is 0 Å². The van der Waals surface area contributed by atoms with Crippen LogP contribution in [0.3, 0.4) is 0 Å². The molecule has 1 aromatic carbocycles. The summed E-state index contributed by atoms with van der Waals surface area (Å²) in [7, 11) is 0. The predicted molar refractivity (Wildman–Crippen MR) is 64.8 cm³/mol. The molecule has 0 N–H and O–H groups in total. The van der Waals surface area contributed by atoms with Crippen molar-refractivity contribution in [3.8, 4) is 11.4 Å². The van der Waals surface area contributed by atoms with Crippen molar-refractivity contribution in [1.82, 2.24) is 9.97 Å². The summed E-state index contributed by atoms with van der Waals surface area (Å²) in [5.74, 6) is 0.790. The van der Waals surface area contributed by atoms with Gasteiger partial charge in [-0.1, -0.05) is 40.2 Å². The number of hydrogen-bond donors (Lipinski definition) is 0. The van der Waals surface area contributed by atoms with E-state index in [0.717, 1.165) is 22.3 Å². The second-order valence-electron chi connectivity index (χ2n) is 3.36. The first kappa shape index (κ1) is 10.3. The van der Waals surface area contributed by atoms with Gasteiger partial charge in [0, 0.05) is 23.3 Å². The normalized spacial score (nSPS) is 10.3. The van der Waals surface area contributed by atoms with Crippen LogP contribution in [-0.4, -0.2) is 9.97 Å². The van der Waals surface area contributed by atoms with E-state index < -0.39 is 0 Å². The van der Waals surface area contributed by atoms with Gasteiger partial charge in [0.2, 0.25) is 0 Å². The number of nitrogens with zero attached hydrogens (tertiary/aromatic N) is 2. The maximum Gasteiger partial charge on any atom is 0.159 e. The zero-order valence-electron chi connectivity index (χ0n) is 8.44. The Morgan fingerprint density at radius 1 is 1.13 bits per heavy atom. The van der Waals surface area contributed by atoms with Crippen molar-refractivity contribution >= 4 is 15.9 Å². The molecule has 0 bridgehead atoms. The Labute approximate surface area is 97.5 Å². The van der Waals surface area contributed by atoms with E-state index in [1.807, 2.05) is 30.6 Å². The minimum Gasteiger partial charge on any atom is -0.236 e. The number of aryl methyl sites for hydroxylation is 1. The summed E-state index contributed by atoms with van der Waals surface area (Å²) in [6.45, 7) is 2.07. The Morgan fingerprint density at radius 3 is 2.40 bits per heavy atom. The molecule has 15 heavy (non-hydrogen) atoms. The Hall–Kier alpha value is -1.22. The molecule has 0 aliphatic carbocycles. The van der Waals surface area contributed by atoms with Crippen LogP contribution in [0.25, 0.3) is 11.4 Å². The fourth-order valence-electron chi connectivity index (χ4n) is 1.39. The lowest BCUT2D eigenvalue weighted by molar-refractivity contribution is 1.13. The van der Waals surface area contributed by atoms with Gasteiger partial charge in [-0.3, -0.25) is 0 Å². The fourth-order valence-corrected chi connectivity index (χ4v) is 1.68. The molecule has 0 saturated carbocycles. The first-order valence-corrected chi connectivity index (χ1v) is 5.86. The molecule has 0 atom stereocenters. The van der Waals surface area contributed by atoms with Gasteiger partial charge in [0.25, 0.3) is 0 Å². The molecule has 0 saturated heterocycles. The van der Waals surface area contributed by atoms with Crippen LogP contribution in [0.2, 0.25) is 0 Å². The van der Waals surface area contributed by atoms with Gasteiger partial charge in [0.15, 0.2) is 5.82 Å². The fraction of sp³-hybridized carbons (Fsp3) is 0.167. The van der Waals surface area contributed by atoms with Crippen molar-refractivity contribution in [2.75, 3.05) is 0 Å². The molecule has 0 fully saturated rings. The molecule has 0 spiro atoms. The molecule has 76 valence electrons. The van der Waals surface area contributed by atoms with E-state index in [0.29, 0.717) is 0 Å². The van der Waals surface area contributed by atoms with Crippen LogP contribution < -0.4 is 0 Å².